The summed E-state index contributed by atoms with van der Waals surface area (Å²) in [6.07, 6.45) is 3.73. The van der Waals surface area contributed by atoms with Crippen molar-refractivity contribution in [3.8, 4) is 17.4 Å². The highest BCUT2D eigenvalue weighted by Gasteiger charge is 2.27. The molecule has 4 aromatic rings. The van der Waals surface area contributed by atoms with Crippen LogP contribution < -0.4 is 5.32 Å². The SMILES string of the molecule is N#Cc1c2c(n(-c3ccccc3)c1NC(=O)CSc1nnnn1-c1cccc(F)c1)CCCC2. The molecule has 1 amide bonds. The van der Waals surface area contributed by atoms with Crippen LogP contribution in [0.1, 0.15) is 29.7 Å². The maximum atomic E-state index is 13.6. The van der Waals surface area contributed by atoms with Gasteiger partial charge in [0.15, 0.2) is 0 Å². The number of nitriles is 1. The summed E-state index contributed by atoms with van der Waals surface area (Å²) in [6.45, 7) is 0. The second kappa shape index (κ2) is 9.49. The fourth-order valence-electron chi connectivity index (χ4n) is 4.23. The predicted octanol–water partition coefficient (Wildman–Crippen LogP) is 4.07. The molecule has 2 heterocycles. The van der Waals surface area contributed by atoms with Crippen molar-refractivity contribution in [1.29, 1.82) is 5.26 Å². The Bertz CT molecular complexity index is 1390. The zero-order chi connectivity index (χ0) is 23.5. The molecule has 0 spiro atoms. The van der Waals surface area contributed by atoms with Crippen molar-refractivity contribution in [2.75, 3.05) is 11.1 Å². The van der Waals surface area contributed by atoms with Crippen molar-refractivity contribution in [3.05, 3.63) is 77.2 Å². The molecule has 170 valence electrons. The van der Waals surface area contributed by atoms with Crippen molar-refractivity contribution >= 4 is 23.5 Å². The van der Waals surface area contributed by atoms with Crippen LogP contribution in [0.2, 0.25) is 0 Å². The molecule has 0 saturated carbocycles. The van der Waals surface area contributed by atoms with Crippen LogP contribution in [0.15, 0.2) is 59.8 Å². The van der Waals surface area contributed by atoms with Gasteiger partial charge < -0.3 is 5.32 Å². The number of para-hydroxylation sites is 1. The fourth-order valence-corrected chi connectivity index (χ4v) is 4.92. The number of tetrazole rings is 1. The second-order valence-electron chi connectivity index (χ2n) is 7.83. The molecule has 10 heteroatoms. The summed E-state index contributed by atoms with van der Waals surface area (Å²) in [5.41, 5.74) is 3.97. The third-order valence-electron chi connectivity index (χ3n) is 5.68. The van der Waals surface area contributed by atoms with Gasteiger partial charge >= 0.3 is 0 Å². The average Bonchev–Trinajstić information content (AvgIpc) is 3.45. The minimum atomic E-state index is -0.406. The Morgan fingerprint density at radius 2 is 1.91 bits per heavy atom. The summed E-state index contributed by atoms with van der Waals surface area (Å²) in [5, 5.41) is 24.8. The van der Waals surface area contributed by atoms with Crippen LogP contribution >= 0.6 is 11.8 Å². The van der Waals surface area contributed by atoms with Crippen molar-refractivity contribution in [3.63, 3.8) is 0 Å². The number of carbonyl (C=O) groups excluding carboxylic acids is 1. The van der Waals surface area contributed by atoms with Crippen molar-refractivity contribution in [2.24, 2.45) is 0 Å². The molecule has 1 aliphatic carbocycles. The number of nitrogens with zero attached hydrogens (tertiary/aromatic N) is 6. The molecule has 0 fully saturated rings. The van der Waals surface area contributed by atoms with E-state index in [1.54, 1.807) is 12.1 Å². The van der Waals surface area contributed by atoms with Gasteiger partial charge in [-0.05, 0) is 72.0 Å². The minimum Gasteiger partial charge on any atom is -0.310 e. The van der Waals surface area contributed by atoms with Gasteiger partial charge in [0, 0.05) is 11.4 Å². The molecule has 0 radical (unpaired) electrons. The van der Waals surface area contributed by atoms with Crippen LogP contribution in [-0.4, -0.2) is 36.4 Å². The number of hydrogen-bond acceptors (Lipinski definition) is 6. The number of hydrogen-bond donors (Lipinski definition) is 1. The van der Waals surface area contributed by atoms with Gasteiger partial charge in [-0.1, -0.05) is 36.0 Å². The Morgan fingerprint density at radius 3 is 2.71 bits per heavy atom. The van der Waals surface area contributed by atoms with E-state index in [0.717, 1.165) is 54.4 Å². The lowest BCUT2D eigenvalue weighted by molar-refractivity contribution is -0.113. The van der Waals surface area contributed by atoms with E-state index in [1.807, 2.05) is 34.9 Å². The van der Waals surface area contributed by atoms with Gasteiger partial charge in [0.05, 0.1) is 17.0 Å². The van der Waals surface area contributed by atoms with E-state index >= 15 is 0 Å². The van der Waals surface area contributed by atoms with E-state index in [4.69, 9.17) is 0 Å². The van der Waals surface area contributed by atoms with E-state index < -0.39 is 5.82 Å². The van der Waals surface area contributed by atoms with E-state index in [2.05, 4.69) is 26.9 Å². The van der Waals surface area contributed by atoms with E-state index in [-0.39, 0.29) is 11.7 Å². The zero-order valence-corrected chi connectivity index (χ0v) is 18.9. The summed E-state index contributed by atoms with van der Waals surface area (Å²) < 4.78 is 17.0. The van der Waals surface area contributed by atoms with Crippen LogP contribution in [0.3, 0.4) is 0 Å². The largest absolute Gasteiger partial charge is 0.310 e. The number of anilines is 1. The van der Waals surface area contributed by atoms with Crippen LogP contribution in [0.4, 0.5) is 10.2 Å². The molecule has 2 aromatic carbocycles. The number of amides is 1. The molecule has 0 aliphatic heterocycles. The first-order valence-corrected chi connectivity index (χ1v) is 11.8. The number of fused-ring (bicyclic) bond motifs is 1. The Labute approximate surface area is 199 Å². The van der Waals surface area contributed by atoms with E-state index in [9.17, 15) is 14.4 Å². The number of benzene rings is 2. The van der Waals surface area contributed by atoms with E-state index in [1.165, 1.54) is 16.8 Å². The highest BCUT2D eigenvalue weighted by Crippen LogP contribution is 2.35. The highest BCUT2D eigenvalue weighted by molar-refractivity contribution is 7.99. The standard InChI is InChI=1S/C24H20FN7OS/c25-16-7-6-10-18(13-16)32-24(28-29-30-32)34-15-22(33)27-23-20(14-26)19-11-4-5-12-21(19)31(23)17-8-2-1-3-9-17/h1-3,6-10,13H,4-5,11-12,15H2,(H,27,33). The number of carbonyl (C=O) groups is 1. The molecule has 0 unspecified atom stereocenters. The smallest absolute Gasteiger partial charge is 0.236 e. The molecule has 8 nitrogen and oxygen atoms in total. The van der Waals surface area contributed by atoms with Gasteiger partial charge in [0.25, 0.3) is 0 Å². The second-order valence-corrected chi connectivity index (χ2v) is 8.77. The maximum Gasteiger partial charge on any atom is 0.236 e. The van der Waals surface area contributed by atoms with Gasteiger partial charge in [-0.15, -0.1) is 5.10 Å². The van der Waals surface area contributed by atoms with Gasteiger partial charge in [-0.25, -0.2) is 4.39 Å². The topological polar surface area (TPSA) is 101 Å². The van der Waals surface area contributed by atoms with Crippen molar-refractivity contribution in [2.45, 2.75) is 30.8 Å². The summed E-state index contributed by atoms with van der Waals surface area (Å²) in [6, 6.07) is 17.9. The summed E-state index contributed by atoms with van der Waals surface area (Å²) in [4.78, 5) is 13.0. The molecule has 34 heavy (non-hydrogen) atoms. The Morgan fingerprint density at radius 1 is 1.12 bits per heavy atom. The molecule has 5 rings (SSSR count). The number of aromatic nitrogens is 5. The third-order valence-corrected chi connectivity index (χ3v) is 6.60. The number of thioether (sulfide) groups is 1. The Balaban J connectivity index is 1.41. The monoisotopic (exact) mass is 473 g/mol. The number of rotatable bonds is 6. The molecule has 2 aromatic heterocycles. The Kier molecular flexibility index (Phi) is 6.10. The molecular weight excluding hydrogens is 453 g/mol. The van der Waals surface area contributed by atoms with Gasteiger partial charge in [-0.3, -0.25) is 9.36 Å². The fraction of sp³-hybridized carbons (Fsp3) is 0.208. The van der Waals surface area contributed by atoms with Crippen LogP contribution in [0.5, 0.6) is 0 Å². The minimum absolute atomic E-state index is 0.0190. The zero-order valence-electron chi connectivity index (χ0n) is 18.1. The first-order chi connectivity index (χ1) is 16.7. The van der Waals surface area contributed by atoms with Crippen molar-refractivity contribution in [1.82, 2.24) is 24.8 Å². The quantitative estimate of drug-likeness (QED) is 0.424. The average molecular weight is 474 g/mol. The lowest BCUT2D eigenvalue weighted by Crippen LogP contribution is -2.18. The van der Waals surface area contributed by atoms with E-state index in [0.29, 0.717) is 22.2 Å². The third kappa shape index (κ3) is 4.18. The molecule has 1 N–H and O–H groups in total. The lowest BCUT2D eigenvalue weighted by Gasteiger charge is -2.17. The number of nitrogens with one attached hydrogen (secondary N) is 1. The molecule has 0 atom stereocenters. The maximum absolute atomic E-state index is 13.6. The van der Waals surface area contributed by atoms with Gasteiger partial charge in [-0.2, -0.15) is 9.94 Å². The normalized spacial score (nSPS) is 12.7. The van der Waals surface area contributed by atoms with Crippen LogP contribution in [0, 0.1) is 17.1 Å². The van der Waals surface area contributed by atoms with Crippen molar-refractivity contribution < 1.29 is 9.18 Å². The lowest BCUT2D eigenvalue weighted by atomic mass is 9.95. The van der Waals surface area contributed by atoms with Crippen LogP contribution in [0.25, 0.3) is 11.4 Å². The van der Waals surface area contributed by atoms with Crippen LogP contribution in [-0.2, 0) is 17.6 Å². The summed E-state index contributed by atoms with van der Waals surface area (Å²) in [5.74, 6) is -0.180. The first kappa shape index (κ1) is 21.9. The summed E-state index contributed by atoms with van der Waals surface area (Å²) >= 11 is 1.13. The number of halogens is 1. The molecular formula is C24H20FN7OS. The highest BCUT2D eigenvalue weighted by atomic mass is 32.2. The molecule has 0 bridgehead atoms. The molecule has 1 aliphatic rings. The first-order valence-electron chi connectivity index (χ1n) is 10.8. The summed E-state index contributed by atoms with van der Waals surface area (Å²) in [7, 11) is 0. The Hall–Kier alpha value is -3.97. The predicted molar refractivity (Wildman–Crippen MR) is 126 cm³/mol. The molecule has 0 saturated heterocycles. The van der Waals surface area contributed by atoms with Gasteiger partial charge in [0.1, 0.15) is 17.7 Å². The van der Waals surface area contributed by atoms with Gasteiger partial charge in [0.2, 0.25) is 11.1 Å².